The van der Waals surface area contributed by atoms with Crippen molar-refractivity contribution in [3.63, 3.8) is 0 Å². The van der Waals surface area contributed by atoms with Crippen LogP contribution in [0.5, 0.6) is 0 Å². The number of hydrogen-bond donors (Lipinski definition) is 1. The summed E-state index contributed by atoms with van der Waals surface area (Å²) in [6.45, 7) is 5.99. The molecule has 0 spiro atoms. The molecule has 0 saturated carbocycles. The van der Waals surface area contributed by atoms with Gasteiger partial charge in [0.1, 0.15) is 5.82 Å². The minimum Gasteiger partial charge on any atom is -0.449 e. The van der Waals surface area contributed by atoms with E-state index in [1.165, 1.54) is 52.9 Å². The number of nitrogens with one attached hydrogen (secondary N) is 1. The minimum atomic E-state index is -3.55. The number of ether oxygens (including phenoxy) is 1. The van der Waals surface area contributed by atoms with E-state index in [2.05, 4.69) is 5.32 Å². The maximum Gasteiger partial charge on any atom is 0.331 e. The van der Waals surface area contributed by atoms with Crippen molar-refractivity contribution < 1.29 is 27.1 Å². The molecule has 32 heavy (non-hydrogen) atoms. The molecular weight excluding hydrogens is 435 g/mol. The van der Waals surface area contributed by atoms with Crippen molar-refractivity contribution >= 4 is 33.7 Å². The number of amides is 1. The van der Waals surface area contributed by atoms with Gasteiger partial charge in [0.2, 0.25) is 10.0 Å². The zero-order chi connectivity index (χ0) is 23.7. The first-order chi connectivity index (χ1) is 15.2. The number of anilines is 1. The highest BCUT2D eigenvalue weighted by Gasteiger charge is 2.22. The number of sulfonamides is 1. The van der Waals surface area contributed by atoms with Gasteiger partial charge in [-0.25, -0.2) is 17.6 Å². The molecule has 1 amide bonds. The molecule has 0 bridgehead atoms. The molecule has 1 atom stereocenters. The Hall–Kier alpha value is -3.04. The molecule has 7 nitrogen and oxygen atoms in total. The number of hydrogen-bond acceptors (Lipinski definition) is 5. The fourth-order valence-electron chi connectivity index (χ4n) is 2.89. The highest BCUT2D eigenvalue weighted by Crippen LogP contribution is 2.17. The summed E-state index contributed by atoms with van der Waals surface area (Å²) < 4.78 is 44.6. The first-order valence-electron chi connectivity index (χ1n) is 10.3. The molecule has 0 aliphatic rings. The molecular formula is C23H27FN2O5S. The standard InChI is InChI=1S/C23H27FN2O5S/c1-4-21(23(28)25-19-12-10-18(24)11-13-19)31-22(27)16-9-17-7-14-20(15-8-17)32(29,30)26(5-2)6-3/h7-16,21H,4-6H2,1-3H3,(H,25,28)/b16-9+. The largest absolute Gasteiger partial charge is 0.449 e. The van der Waals surface area contributed by atoms with E-state index in [0.717, 1.165) is 0 Å². The van der Waals surface area contributed by atoms with Gasteiger partial charge < -0.3 is 10.1 Å². The summed E-state index contributed by atoms with van der Waals surface area (Å²) in [5.74, 6) is -1.66. The van der Waals surface area contributed by atoms with Crippen LogP contribution in [0.25, 0.3) is 6.08 Å². The van der Waals surface area contributed by atoms with Crippen molar-refractivity contribution in [2.24, 2.45) is 0 Å². The fraction of sp³-hybridized carbons (Fsp3) is 0.304. The van der Waals surface area contributed by atoms with Crippen molar-refractivity contribution in [3.05, 3.63) is 66.0 Å². The third-order valence-electron chi connectivity index (χ3n) is 4.67. The predicted octanol–water partition coefficient (Wildman–Crippen LogP) is 3.83. The van der Waals surface area contributed by atoms with Gasteiger partial charge in [0.15, 0.2) is 6.10 Å². The van der Waals surface area contributed by atoms with E-state index in [4.69, 9.17) is 4.74 Å². The zero-order valence-corrected chi connectivity index (χ0v) is 19.1. The lowest BCUT2D eigenvalue weighted by Crippen LogP contribution is -2.31. The smallest absolute Gasteiger partial charge is 0.331 e. The number of nitrogens with zero attached hydrogens (tertiary/aromatic N) is 1. The molecule has 2 aromatic carbocycles. The second kappa shape index (κ2) is 11.5. The van der Waals surface area contributed by atoms with Crippen LogP contribution in [0.4, 0.5) is 10.1 Å². The Kier molecular flexibility index (Phi) is 9.10. The normalized spacial score (nSPS) is 12.7. The molecule has 0 aliphatic heterocycles. The lowest BCUT2D eigenvalue weighted by molar-refractivity contribution is -0.149. The molecule has 0 aliphatic carbocycles. The Balaban J connectivity index is 1.99. The lowest BCUT2D eigenvalue weighted by atomic mass is 10.2. The second-order valence-corrected chi connectivity index (χ2v) is 8.76. The van der Waals surface area contributed by atoms with Crippen LogP contribution in [0.1, 0.15) is 32.8 Å². The van der Waals surface area contributed by atoms with Crippen molar-refractivity contribution in [1.29, 1.82) is 0 Å². The van der Waals surface area contributed by atoms with Crippen molar-refractivity contribution in [1.82, 2.24) is 4.31 Å². The number of rotatable bonds is 10. The molecule has 1 N–H and O–H groups in total. The van der Waals surface area contributed by atoms with Crippen LogP contribution in [0.15, 0.2) is 59.5 Å². The summed E-state index contributed by atoms with van der Waals surface area (Å²) in [6, 6.07) is 11.4. The lowest BCUT2D eigenvalue weighted by Gasteiger charge is -2.18. The number of benzene rings is 2. The van der Waals surface area contributed by atoms with Gasteiger partial charge in [0.25, 0.3) is 5.91 Å². The minimum absolute atomic E-state index is 0.171. The molecule has 0 fully saturated rings. The van der Waals surface area contributed by atoms with Crippen LogP contribution in [0, 0.1) is 5.82 Å². The molecule has 0 aromatic heterocycles. The molecule has 1 unspecified atom stereocenters. The van der Waals surface area contributed by atoms with Gasteiger partial charge in [-0.15, -0.1) is 0 Å². The highest BCUT2D eigenvalue weighted by atomic mass is 32.2. The van der Waals surface area contributed by atoms with Crippen LogP contribution >= 0.6 is 0 Å². The summed E-state index contributed by atoms with van der Waals surface area (Å²) in [5.41, 5.74) is 0.991. The summed E-state index contributed by atoms with van der Waals surface area (Å²) in [7, 11) is -3.55. The first kappa shape index (κ1) is 25.2. The van der Waals surface area contributed by atoms with E-state index < -0.39 is 33.8 Å². The van der Waals surface area contributed by atoms with E-state index in [1.54, 1.807) is 32.9 Å². The molecule has 2 rings (SSSR count). The average molecular weight is 463 g/mol. The molecule has 0 radical (unpaired) electrons. The van der Waals surface area contributed by atoms with Gasteiger partial charge in [0, 0.05) is 24.9 Å². The summed E-state index contributed by atoms with van der Waals surface area (Å²) in [4.78, 5) is 24.6. The van der Waals surface area contributed by atoms with E-state index in [9.17, 15) is 22.4 Å². The van der Waals surface area contributed by atoms with E-state index in [0.29, 0.717) is 24.3 Å². The average Bonchev–Trinajstić information content (AvgIpc) is 2.78. The molecule has 172 valence electrons. The third-order valence-corrected chi connectivity index (χ3v) is 6.73. The maximum absolute atomic E-state index is 13.0. The van der Waals surface area contributed by atoms with Gasteiger partial charge in [-0.3, -0.25) is 4.79 Å². The summed E-state index contributed by atoms with van der Waals surface area (Å²) >= 11 is 0. The molecule has 0 saturated heterocycles. The molecule has 0 heterocycles. The summed E-state index contributed by atoms with van der Waals surface area (Å²) in [5, 5.41) is 2.57. The van der Waals surface area contributed by atoms with Gasteiger partial charge in [-0.2, -0.15) is 4.31 Å². The Morgan fingerprint density at radius 1 is 1.03 bits per heavy atom. The Morgan fingerprint density at radius 3 is 2.16 bits per heavy atom. The number of carbonyl (C=O) groups excluding carboxylic acids is 2. The highest BCUT2D eigenvalue weighted by molar-refractivity contribution is 7.89. The van der Waals surface area contributed by atoms with Crippen molar-refractivity contribution in [2.75, 3.05) is 18.4 Å². The Labute approximate surface area is 187 Å². The summed E-state index contributed by atoms with van der Waals surface area (Å²) in [6.07, 6.45) is 1.88. The topological polar surface area (TPSA) is 92.8 Å². The van der Waals surface area contributed by atoms with Gasteiger partial charge >= 0.3 is 5.97 Å². The van der Waals surface area contributed by atoms with Gasteiger partial charge in [-0.1, -0.05) is 32.9 Å². The fourth-order valence-corrected chi connectivity index (χ4v) is 4.34. The van der Waals surface area contributed by atoms with Crippen LogP contribution in [0.2, 0.25) is 0 Å². The first-order valence-corrected chi connectivity index (χ1v) is 11.7. The van der Waals surface area contributed by atoms with Crippen LogP contribution in [-0.4, -0.2) is 43.8 Å². The Bertz CT molecular complexity index is 1050. The predicted molar refractivity (Wildman–Crippen MR) is 121 cm³/mol. The van der Waals surface area contributed by atoms with Crippen LogP contribution in [0.3, 0.4) is 0 Å². The third kappa shape index (κ3) is 6.73. The van der Waals surface area contributed by atoms with Crippen molar-refractivity contribution in [2.45, 2.75) is 38.2 Å². The van der Waals surface area contributed by atoms with E-state index in [1.807, 2.05) is 0 Å². The monoisotopic (exact) mass is 462 g/mol. The van der Waals surface area contributed by atoms with E-state index >= 15 is 0 Å². The van der Waals surface area contributed by atoms with Crippen molar-refractivity contribution in [3.8, 4) is 0 Å². The zero-order valence-electron chi connectivity index (χ0n) is 18.2. The quantitative estimate of drug-likeness (QED) is 0.428. The second-order valence-electron chi connectivity index (χ2n) is 6.82. The van der Waals surface area contributed by atoms with Crippen LogP contribution < -0.4 is 5.32 Å². The molecule has 2 aromatic rings. The SMILES string of the molecule is CCC(OC(=O)/C=C/c1ccc(S(=O)(=O)N(CC)CC)cc1)C(=O)Nc1ccc(F)cc1. The number of esters is 1. The van der Waals surface area contributed by atoms with Gasteiger partial charge in [-0.05, 0) is 54.5 Å². The number of carbonyl (C=O) groups is 2. The van der Waals surface area contributed by atoms with Crippen LogP contribution in [-0.2, 0) is 24.3 Å². The maximum atomic E-state index is 13.0. The van der Waals surface area contributed by atoms with E-state index in [-0.39, 0.29) is 11.3 Å². The number of halogens is 1. The van der Waals surface area contributed by atoms with Gasteiger partial charge in [0.05, 0.1) is 4.90 Å². The Morgan fingerprint density at radius 2 is 1.62 bits per heavy atom. The molecule has 9 heteroatoms.